The maximum Gasteiger partial charge on any atom is 0.220 e. The van der Waals surface area contributed by atoms with Gasteiger partial charge in [-0.1, -0.05) is 36.6 Å². The number of nitrogens with one attached hydrogen (secondary N) is 2. The van der Waals surface area contributed by atoms with Gasteiger partial charge in [0.2, 0.25) is 5.91 Å². The summed E-state index contributed by atoms with van der Waals surface area (Å²) in [6, 6.07) is 8.34. The molecule has 1 saturated carbocycles. The molecule has 0 unspecified atom stereocenters. The first kappa shape index (κ1) is 25.2. The quantitative estimate of drug-likeness (QED) is 0.312. The maximum absolute atomic E-state index is 11.7. The summed E-state index contributed by atoms with van der Waals surface area (Å²) in [5.74, 6) is 1.63. The van der Waals surface area contributed by atoms with E-state index < -0.39 is 0 Å². The Hall–Kier alpha value is -1.02. The molecule has 30 heavy (non-hydrogen) atoms. The molecule has 7 heteroatoms. The molecular weight excluding hydrogens is 511 g/mol. The van der Waals surface area contributed by atoms with Crippen LogP contribution in [0.2, 0.25) is 5.02 Å². The number of piperidine rings is 1. The van der Waals surface area contributed by atoms with Gasteiger partial charge < -0.3 is 15.5 Å². The average Bonchev–Trinajstić information content (AvgIpc) is 3.22. The van der Waals surface area contributed by atoms with Crippen molar-refractivity contribution in [3.05, 3.63) is 34.9 Å². The molecule has 1 aliphatic carbocycles. The van der Waals surface area contributed by atoms with Gasteiger partial charge in [-0.15, -0.1) is 24.0 Å². The van der Waals surface area contributed by atoms with Crippen LogP contribution >= 0.6 is 35.6 Å². The van der Waals surface area contributed by atoms with E-state index in [2.05, 4.69) is 40.7 Å². The second kappa shape index (κ2) is 12.1. The highest BCUT2D eigenvalue weighted by Crippen LogP contribution is 2.42. The molecule has 1 aromatic rings. The smallest absolute Gasteiger partial charge is 0.220 e. The molecule has 0 radical (unpaired) electrons. The van der Waals surface area contributed by atoms with Crippen LogP contribution in [-0.4, -0.2) is 50.0 Å². The van der Waals surface area contributed by atoms with Crippen molar-refractivity contribution in [2.75, 3.05) is 33.2 Å². The Morgan fingerprint density at radius 1 is 1.27 bits per heavy atom. The van der Waals surface area contributed by atoms with Gasteiger partial charge in [-0.05, 0) is 56.2 Å². The summed E-state index contributed by atoms with van der Waals surface area (Å²) in [4.78, 5) is 19.1. The summed E-state index contributed by atoms with van der Waals surface area (Å²) in [7, 11) is 1.71. The molecule has 0 spiro atoms. The lowest BCUT2D eigenvalue weighted by Crippen LogP contribution is -2.46. The first-order valence-corrected chi connectivity index (χ1v) is 11.4. The molecule has 0 aromatic heterocycles. The van der Waals surface area contributed by atoms with Gasteiger partial charge in [0, 0.05) is 43.5 Å². The zero-order chi connectivity index (χ0) is 20.7. The third kappa shape index (κ3) is 6.49. The molecule has 2 N–H and O–H groups in total. The third-order valence-electron chi connectivity index (χ3n) is 6.53. The van der Waals surface area contributed by atoms with Crippen LogP contribution in [0.3, 0.4) is 0 Å². The highest BCUT2D eigenvalue weighted by molar-refractivity contribution is 14.0. The van der Waals surface area contributed by atoms with Crippen LogP contribution in [0, 0.1) is 5.92 Å². The molecule has 0 bridgehead atoms. The van der Waals surface area contributed by atoms with E-state index in [1.807, 2.05) is 6.07 Å². The molecule has 1 heterocycles. The average molecular weight is 547 g/mol. The summed E-state index contributed by atoms with van der Waals surface area (Å²) in [6.45, 7) is 5.69. The maximum atomic E-state index is 11.7. The van der Waals surface area contributed by atoms with Crippen LogP contribution in [0.15, 0.2) is 29.3 Å². The number of hydrogen-bond donors (Lipinski definition) is 2. The molecule has 2 aliphatic rings. The van der Waals surface area contributed by atoms with Crippen LogP contribution in [-0.2, 0) is 10.2 Å². The fourth-order valence-corrected chi connectivity index (χ4v) is 4.96. The topological polar surface area (TPSA) is 56.7 Å². The standard InChI is InChI=1S/C23H35ClN4O.HI/c1-3-26-22(28-13-9-18(10-14-28)15-21(29)25-2)27-17-23(11-4-5-12-23)19-7-6-8-20(24)16-19;/h6-8,16,18H,3-5,9-15,17H2,1-2H3,(H,25,29)(H,26,27);1H. The number of guanidine groups is 1. The van der Waals surface area contributed by atoms with Crippen molar-refractivity contribution in [1.82, 2.24) is 15.5 Å². The lowest BCUT2D eigenvalue weighted by Gasteiger charge is -2.35. The van der Waals surface area contributed by atoms with Gasteiger partial charge in [0.05, 0.1) is 6.54 Å². The summed E-state index contributed by atoms with van der Waals surface area (Å²) >= 11 is 6.29. The van der Waals surface area contributed by atoms with Crippen LogP contribution in [0.1, 0.15) is 57.4 Å². The number of halogens is 2. The third-order valence-corrected chi connectivity index (χ3v) is 6.77. The lowest BCUT2D eigenvalue weighted by atomic mass is 9.79. The number of carbonyl (C=O) groups excluding carboxylic acids is 1. The second-order valence-corrected chi connectivity index (χ2v) is 8.91. The Labute approximate surface area is 203 Å². The molecule has 1 saturated heterocycles. The largest absolute Gasteiger partial charge is 0.359 e. The number of amides is 1. The molecule has 1 amide bonds. The van der Waals surface area contributed by atoms with Gasteiger partial charge in [0.1, 0.15) is 0 Å². The van der Waals surface area contributed by atoms with Gasteiger partial charge in [-0.25, -0.2) is 0 Å². The van der Waals surface area contributed by atoms with E-state index in [4.69, 9.17) is 16.6 Å². The van der Waals surface area contributed by atoms with Gasteiger partial charge in [-0.3, -0.25) is 9.79 Å². The molecule has 1 aromatic carbocycles. The number of likely N-dealkylation sites (tertiary alicyclic amines) is 1. The predicted molar refractivity (Wildman–Crippen MR) is 136 cm³/mol. The van der Waals surface area contributed by atoms with Crippen LogP contribution in [0.5, 0.6) is 0 Å². The van der Waals surface area contributed by atoms with E-state index in [1.54, 1.807) is 7.05 Å². The first-order chi connectivity index (χ1) is 14.1. The van der Waals surface area contributed by atoms with Crippen molar-refractivity contribution in [2.24, 2.45) is 10.9 Å². The molecule has 5 nitrogen and oxygen atoms in total. The van der Waals surface area contributed by atoms with E-state index in [0.717, 1.165) is 50.0 Å². The van der Waals surface area contributed by atoms with E-state index >= 15 is 0 Å². The van der Waals surface area contributed by atoms with E-state index in [0.29, 0.717) is 12.3 Å². The summed E-state index contributed by atoms with van der Waals surface area (Å²) in [5.41, 5.74) is 1.43. The number of aliphatic imine (C=N–C) groups is 1. The summed E-state index contributed by atoms with van der Waals surface area (Å²) < 4.78 is 0. The van der Waals surface area contributed by atoms with Gasteiger partial charge in [0.15, 0.2) is 5.96 Å². The Bertz CT molecular complexity index is 713. The number of rotatable bonds is 6. The van der Waals surface area contributed by atoms with Crippen LogP contribution in [0.25, 0.3) is 0 Å². The Morgan fingerprint density at radius 3 is 2.57 bits per heavy atom. The van der Waals surface area contributed by atoms with Crippen molar-refractivity contribution in [3.63, 3.8) is 0 Å². The molecule has 1 aliphatic heterocycles. The van der Waals surface area contributed by atoms with E-state index in [-0.39, 0.29) is 35.3 Å². The number of hydrogen-bond acceptors (Lipinski definition) is 2. The monoisotopic (exact) mass is 546 g/mol. The van der Waals surface area contributed by atoms with Gasteiger partial charge in [0.25, 0.3) is 0 Å². The first-order valence-electron chi connectivity index (χ1n) is 11.1. The lowest BCUT2D eigenvalue weighted by molar-refractivity contribution is -0.121. The fraction of sp³-hybridized carbons (Fsp3) is 0.652. The van der Waals surface area contributed by atoms with Gasteiger partial charge in [-0.2, -0.15) is 0 Å². The highest BCUT2D eigenvalue weighted by atomic mass is 127. The van der Waals surface area contributed by atoms with Crippen molar-refractivity contribution in [3.8, 4) is 0 Å². The minimum absolute atomic E-state index is 0. The zero-order valence-electron chi connectivity index (χ0n) is 18.3. The Balaban J connectivity index is 0.00000320. The highest BCUT2D eigenvalue weighted by Gasteiger charge is 2.36. The van der Waals surface area contributed by atoms with Crippen LogP contribution in [0.4, 0.5) is 0 Å². The summed E-state index contributed by atoms with van der Waals surface area (Å²) in [5, 5.41) is 7.05. The van der Waals surface area contributed by atoms with Crippen molar-refractivity contribution in [1.29, 1.82) is 0 Å². The molecule has 2 fully saturated rings. The van der Waals surface area contributed by atoms with Gasteiger partial charge >= 0.3 is 0 Å². The predicted octanol–water partition coefficient (Wildman–Crippen LogP) is 4.58. The fourth-order valence-electron chi connectivity index (χ4n) is 4.77. The van der Waals surface area contributed by atoms with Crippen molar-refractivity contribution < 1.29 is 4.79 Å². The number of benzene rings is 1. The Morgan fingerprint density at radius 2 is 1.97 bits per heavy atom. The minimum atomic E-state index is 0. The molecule has 3 rings (SSSR count). The van der Waals surface area contributed by atoms with Crippen LogP contribution < -0.4 is 10.6 Å². The SMILES string of the molecule is CCNC(=NCC1(c2cccc(Cl)c2)CCCC1)N1CCC(CC(=O)NC)CC1.I. The molecule has 0 atom stereocenters. The normalized spacial score (nSPS) is 19.3. The summed E-state index contributed by atoms with van der Waals surface area (Å²) in [6.07, 6.45) is 7.56. The molecule has 168 valence electrons. The zero-order valence-corrected chi connectivity index (χ0v) is 21.3. The Kier molecular flexibility index (Phi) is 10.2. The van der Waals surface area contributed by atoms with Crippen molar-refractivity contribution in [2.45, 2.75) is 57.3 Å². The van der Waals surface area contributed by atoms with E-state index in [9.17, 15) is 4.79 Å². The molecular formula is C23H36ClIN4O. The van der Waals surface area contributed by atoms with Crippen molar-refractivity contribution >= 4 is 47.4 Å². The number of nitrogens with zero attached hydrogens (tertiary/aromatic N) is 2. The second-order valence-electron chi connectivity index (χ2n) is 8.48. The minimum Gasteiger partial charge on any atom is -0.359 e. The number of carbonyl (C=O) groups is 1. The van der Waals surface area contributed by atoms with E-state index in [1.165, 1.54) is 31.2 Å².